The zero-order valence-corrected chi connectivity index (χ0v) is 12.6. The average Bonchev–Trinajstić information content (AvgIpc) is 2.45. The van der Waals surface area contributed by atoms with E-state index in [1.54, 1.807) is 0 Å². The molecule has 0 spiro atoms. The number of aryl methyl sites for hydroxylation is 2. The van der Waals surface area contributed by atoms with E-state index in [1.807, 2.05) is 50.2 Å². The summed E-state index contributed by atoms with van der Waals surface area (Å²) in [7, 11) is 0. The van der Waals surface area contributed by atoms with Crippen LogP contribution >= 0.6 is 0 Å². The molecule has 3 rings (SSSR count). The van der Waals surface area contributed by atoms with E-state index in [4.69, 9.17) is 0 Å². The number of rotatable bonds is 2. The summed E-state index contributed by atoms with van der Waals surface area (Å²) in [6.07, 6.45) is 0.174. The minimum absolute atomic E-state index is 0.126. The van der Waals surface area contributed by atoms with E-state index in [1.165, 1.54) is 0 Å². The van der Waals surface area contributed by atoms with Gasteiger partial charge in [-0.1, -0.05) is 24.3 Å². The minimum Gasteiger partial charge on any atom is -0.326 e. The maximum atomic E-state index is 12.6. The molecule has 0 saturated carbocycles. The van der Waals surface area contributed by atoms with Crippen molar-refractivity contribution in [3.05, 3.63) is 59.2 Å². The molecule has 0 unspecified atom stereocenters. The first-order valence-corrected chi connectivity index (χ1v) is 7.31. The van der Waals surface area contributed by atoms with Gasteiger partial charge in [-0.25, -0.2) is 0 Å². The molecule has 112 valence electrons. The van der Waals surface area contributed by atoms with Crippen LogP contribution in [0, 0.1) is 13.8 Å². The topological polar surface area (TPSA) is 58.2 Å². The Morgan fingerprint density at radius 3 is 2.55 bits per heavy atom. The largest absolute Gasteiger partial charge is 0.326 e. The Balaban J connectivity index is 1.87. The maximum Gasteiger partial charge on any atom is 0.232 e. The minimum atomic E-state index is -0.453. The van der Waals surface area contributed by atoms with Crippen LogP contribution in [-0.4, -0.2) is 11.8 Å². The maximum absolute atomic E-state index is 12.6. The first-order valence-electron chi connectivity index (χ1n) is 7.31. The van der Waals surface area contributed by atoms with Gasteiger partial charge in [-0.2, -0.15) is 0 Å². The molecule has 0 aromatic heterocycles. The van der Waals surface area contributed by atoms with E-state index < -0.39 is 5.92 Å². The summed E-state index contributed by atoms with van der Waals surface area (Å²) in [4.78, 5) is 24.4. The molecule has 0 radical (unpaired) electrons. The van der Waals surface area contributed by atoms with Crippen LogP contribution in [0.1, 0.15) is 29.0 Å². The average molecular weight is 294 g/mol. The number of hydrogen-bond acceptors (Lipinski definition) is 2. The highest BCUT2D eigenvalue weighted by molar-refractivity contribution is 6.05. The Hall–Kier alpha value is -2.62. The van der Waals surface area contributed by atoms with Crippen molar-refractivity contribution in [2.45, 2.75) is 26.2 Å². The Kier molecular flexibility index (Phi) is 3.67. The molecule has 22 heavy (non-hydrogen) atoms. The zero-order chi connectivity index (χ0) is 15.7. The first-order chi connectivity index (χ1) is 10.5. The van der Waals surface area contributed by atoms with E-state index in [-0.39, 0.29) is 18.2 Å². The summed E-state index contributed by atoms with van der Waals surface area (Å²) in [6, 6.07) is 13.4. The van der Waals surface area contributed by atoms with Crippen molar-refractivity contribution in [3.8, 4) is 0 Å². The fourth-order valence-corrected chi connectivity index (χ4v) is 2.92. The summed E-state index contributed by atoms with van der Waals surface area (Å²) in [5.74, 6) is -0.725. The van der Waals surface area contributed by atoms with Crippen molar-refractivity contribution in [2.24, 2.45) is 0 Å². The standard InChI is InChI=1S/C18H18N2O2/c1-11-7-12(2)9-13(8-11)19-18(22)15-10-17(21)20-16-6-4-3-5-14(15)16/h3-9,15H,10H2,1-2H3,(H,19,22)(H,20,21)/t15-/m0/s1. The SMILES string of the molecule is Cc1cc(C)cc(NC(=O)[C@H]2CC(=O)Nc3ccccc32)c1. The van der Waals surface area contributed by atoms with E-state index in [2.05, 4.69) is 16.7 Å². The number of carbonyl (C=O) groups is 2. The Morgan fingerprint density at radius 1 is 1.14 bits per heavy atom. The fourth-order valence-electron chi connectivity index (χ4n) is 2.92. The third-order valence-electron chi connectivity index (χ3n) is 3.81. The lowest BCUT2D eigenvalue weighted by Crippen LogP contribution is -2.30. The van der Waals surface area contributed by atoms with Gasteiger partial charge < -0.3 is 10.6 Å². The molecule has 0 fully saturated rings. The van der Waals surface area contributed by atoms with Crippen molar-refractivity contribution in [1.82, 2.24) is 0 Å². The third-order valence-corrected chi connectivity index (χ3v) is 3.81. The van der Waals surface area contributed by atoms with Crippen LogP contribution < -0.4 is 10.6 Å². The van der Waals surface area contributed by atoms with Gasteiger partial charge in [0.25, 0.3) is 0 Å². The molecule has 0 saturated heterocycles. The Bertz CT molecular complexity index is 732. The van der Waals surface area contributed by atoms with Crippen LogP contribution in [0.4, 0.5) is 11.4 Å². The van der Waals surface area contributed by atoms with Gasteiger partial charge in [0.05, 0.1) is 5.92 Å². The number of anilines is 2. The predicted octanol–water partition coefficient (Wildman–Crippen LogP) is 3.37. The van der Waals surface area contributed by atoms with E-state index >= 15 is 0 Å². The van der Waals surface area contributed by atoms with Gasteiger partial charge in [-0.3, -0.25) is 9.59 Å². The lowest BCUT2D eigenvalue weighted by Gasteiger charge is -2.24. The molecule has 4 heteroatoms. The van der Waals surface area contributed by atoms with Crippen molar-refractivity contribution < 1.29 is 9.59 Å². The molecule has 4 nitrogen and oxygen atoms in total. The zero-order valence-electron chi connectivity index (χ0n) is 12.6. The number of nitrogens with one attached hydrogen (secondary N) is 2. The van der Waals surface area contributed by atoms with E-state index in [0.717, 1.165) is 28.1 Å². The van der Waals surface area contributed by atoms with Gasteiger partial charge in [0, 0.05) is 17.8 Å². The number of para-hydroxylation sites is 1. The normalized spacial score (nSPS) is 16.6. The smallest absolute Gasteiger partial charge is 0.232 e. The van der Waals surface area contributed by atoms with Gasteiger partial charge >= 0.3 is 0 Å². The Labute approximate surface area is 129 Å². The molecule has 2 amide bonds. The van der Waals surface area contributed by atoms with Crippen LogP contribution in [0.15, 0.2) is 42.5 Å². The number of benzene rings is 2. The van der Waals surface area contributed by atoms with Crippen molar-refractivity contribution in [1.29, 1.82) is 0 Å². The highest BCUT2D eigenvalue weighted by atomic mass is 16.2. The van der Waals surface area contributed by atoms with Crippen LogP contribution in [0.2, 0.25) is 0 Å². The molecule has 1 atom stereocenters. The fraction of sp³-hybridized carbons (Fsp3) is 0.222. The van der Waals surface area contributed by atoms with Gasteiger partial charge in [-0.15, -0.1) is 0 Å². The molecule has 0 aliphatic carbocycles. The predicted molar refractivity (Wildman–Crippen MR) is 87.0 cm³/mol. The lowest BCUT2D eigenvalue weighted by molar-refractivity contribution is -0.123. The number of amides is 2. The summed E-state index contributed by atoms with van der Waals surface area (Å²) in [6.45, 7) is 3.98. The summed E-state index contributed by atoms with van der Waals surface area (Å²) < 4.78 is 0. The number of hydrogen-bond donors (Lipinski definition) is 2. The molecule has 1 aliphatic rings. The van der Waals surface area contributed by atoms with Crippen LogP contribution in [0.5, 0.6) is 0 Å². The van der Waals surface area contributed by atoms with Crippen LogP contribution in [0.3, 0.4) is 0 Å². The third kappa shape index (κ3) is 2.86. The number of fused-ring (bicyclic) bond motifs is 1. The number of carbonyl (C=O) groups excluding carboxylic acids is 2. The molecule has 2 aromatic rings. The molecule has 0 bridgehead atoms. The molecule has 1 aliphatic heterocycles. The monoisotopic (exact) mass is 294 g/mol. The Morgan fingerprint density at radius 2 is 1.82 bits per heavy atom. The molecule has 2 N–H and O–H groups in total. The summed E-state index contributed by atoms with van der Waals surface area (Å²) >= 11 is 0. The van der Waals surface area contributed by atoms with Crippen molar-refractivity contribution >= 4 is 23.2 Å². The highest BCUT2D eigenvalue weighted by Gasteiger charge is 2.30. The highest BCUT2D eigenvalue weighted by Crippen LogP contribution is 2.32. The van der Waals surface area contributed by atoms with E-state index in [0.29, 0.717) is 0 Å². The molecule has 2 aromatic carbocycles. The first kappa shape index (κ1) is 14.3. The summed E-state index contributed by atoms with van der Waals surface area (Å²) in [5.41, 5.74) is 4.54. The van der Waals surface area contributed by atoms with E-state index in [9.17, 15) is 9.59 Å². The second kappa shape index (κ2) is 5.64. The van der Waals surface area contributed by atoms with Gasteiger partial charge in [-0.05, 0) is 48.7 Å². The molecule has 1 heterocycles. The van der Waals surface area contributed by atoms with Crippen LogP contribution in [-0.2, 0) is 9.59 Å². The quantitative estimate of drug-likeness (QED) is 0.892. The lowest BCUT2D eigenvalue weighted by atomic mass is 9.89. The molecular weight excluding hydrogens is 276 g/mol. The van der Waals surface area contributed by atoms with Crippen molar-refractivity contribution in [2.75, 3.05) is 10.6 Å². The van der Waals surface area contributed by atoms with Gasteiger partial charge in [0.1, 0.15) is 0 Å². The second-order valence-corrected chi connectivity index (χ2v) is 5.76. The van der Waals surface area contributed by atoms with Gasteiger partial charge in [0.15, 0.2) is 0 Å². The second-order valence-electron chi connectivity index (χ2n) is 5.76. The van der Waals surface area contributed by atoms with Crippen LogP contribution in [0.25, 0.3) is 0 Å². The summed E-state index contributed by atoms with van der Waals surface area (Å²) in [5, 5.41) is 5.74. The molecular formula is C18H18N2O2. The van der Waals surface area contributed by atoms with Crippen molar-refractivity contribution in [3.63, 3.8) is 0 Å². The van der Waals surface area contributed by atoms with Gasteiger partial charge in [0.2, 0.25) is 11.8 Å².